The third kappa shape index (κ3) is 3.90. The number of imidazole rings is 1. The van der Waals surface area contributed by atoms with Crippen LogP contribution in [0.4, 0.5) is 0 Å². The second-order valence-electron chi connectivity index (χ2n) is 5.69. The second kappa shape index (κ2) is 8.10. The Bertz CT molecular complexity index is 552. The molecule has 1 aromatic heterocycles. The molecule has 7 heteroatoms. The lowest BCUT2D eigenvalue weighted by molar-refractivity contribution is -0.126. The van der Waals surface area contributed by atoms with E-state index in [4.69, 9.17) is 4.74 Å². The van der Waals surface area contributed by atoms with E-state index in [1.807, 2.05) is 18.4 Å². The maximum Gasteiger partial charge on any atom is 0.274 e. The molecule has 128 valence electrons. The number of methoxy groups -OCH3 is 1. The topological polar surface area (TPSA) is 76.5 Å². The lowest BCUT2D eigenvalue weighted by Crippen LogP contribution is -2.38. The molecule has 2 rings (SSSR count). The van der Waals surface area contributed by atoms with Crippen molar-refractivity contribution in [1.82, 2.24) is 19.8 Å². The minimum Gasteiger partial charge on any atom is -0.383 e. The number of fused-ring (bicyclic) bond motifs is 1. The highest BCUT2D eigenvalue weighted by Crippen LogP contribution is 2.23. The number of aromatic nitrogens is 2. The van der Waals surface area contributed by atoms with Gasteiger partial charge in [0, 0.05) is 33.3 Å². The molecular weight excluding hydrogens is 296 g/mol. The van der Waals surface area contributed by atoms with Gasteiger partial charge >= 0.3 is 0 Å². The lowest BCUT2D eigenvalue weighted by atomic mass is 9.96. The Morgan fingerprint density at radius 3 is 2.83 bits per heavy atom. The average molecular weight is 322 g/mol. The van der Waals surface area contributed by atoms with Crippen molar-refractivity contribution < 1.29 is 14.3 Å². The SMILES string of the molecule is CCN(CC)C(=O)c1ncn2c1CCC(C(=O)NCCOC)C2. The zero-order valence-corrected chi connectivity index (χ0v) is 14.2. The Hall–Kier alpha value is -1.89. The van der Waals surface area contributed by atoms with Crippen LogP contribution >= 0.6 is 0 Å². The first-order valence-corrected chi connectivity index (χ1v) is 8.22. The van der Waals surface area contributed by atoms with Crippen LogP contribution in [-0.2, 0) is 22.5 Å². The van der Waals surface area contributed by atoms with E-state index in [0.29, 0.717) is 44.9 Å². The summed E-state index contributed by atoms with van der Waals surface area (Å²) in [6.45, 7) is 6.88. The van der Waals surface area contributed by atoms with Crippen LogP contribution in [0.1, 0.15) is 36.5 Å². The number of nitrogens with zero attached hydrogens (tertiary/aromatic N) is 3. The third-order valence-corrected chi connectivity index (χ3v) is 4.32. The third-order valence-electron chi connectivity index (χ3n) is 4.32. The molecule has 0 aliphatic carbocycles. The van der Waals surface area contributed by atoms with E-state index in [0.717, 1.165) is 12.1 Å². The van der Waals surface area contributed by atoms with Crippen LogP contribution < -0.4 is 5.32 Å². The van der Waals surface area contributed by atoms with Crippen molar-refractivity contribution in [2.45, 2.75) is 33.2 Å². The van der Waals surface area contributed by atoms with Gasteiger partial charge in [-0.1, -0.05) is 0 Å². The highest BCUT2D eigenvalue weighted by atomic mass is 16.5. The van der Waals surface area contributed by atoms with Crippen LogP contribution in [0.3, 0.4) is 0 Å². The summed E-state index contributed by atoms with van der Waals surface area (Å²) in [4.78, 5) is 30.7. The molecule has 1 atom stereocenters. The predicted octanol–water partition coefficient (Wildman–Crippen LogP) is 0.690. The number of carbonyl (C=O) groups excluding carboxylic acids is 2. The molecule has 1 aliphatic heterocycles. The van der Waals surface area contributed by atoms with Gasteiger partial charge < -0.3 is 19.5 Å². The van der Waals surface area contributed by atoms with Gasteiger partial charge in [0.05, 0.1) is 24.5 Å². The molecule has 0 fully saturated rings. The van der Waals surface area contributed by atoms with Crippen LogP contribution in [0, 0.1) is 5.92 Å². The van der Waals surface area contributed by atoms with Crippen LogP contribution in [0.15, 0.2) is 6.33 Å². The van der Waals surface area contributed by atoms with E-state index >= 15 is 0 Å². The quantitative estimate of drug-likeness (QED) is 0.749. The fraction of sp³-hybridized carbons (Fsp3) is 0.688. The lowest BCUT2D eigenvalue weighted by Gasteiger charge is -2.25. The maximum atomic E-state index is 12.5. The molecule has 1 aliphatic rings. The zero-order valence-electron chi connectivity index (χ0n) is 14.2. The van der Waals surface area contributed by atoms with Crippen LogP contribution in [0.25, 0.3) is 0 Å². The van der Waals surface area contributed by atoms with Crippen molar-refractivity contribution in [3.8, 4) is 0 Å². The van der Waals surface area contributed by atoms with Gasteiger partial charge in [-0.15, -0.1) is 0 Å². The van der Waals surface area contributed by atoms with E-state index in [1.54, 1.807) is 18.3 Å². The number of carbonyl (C=O) groups is 2. The van der Waals surface area contributed by atoms with Gasteiger partial charge in [0.25, 0.3) is 5.91 Å². The van der Waals surface area contributed by atoms with Gasteiger partial charge in [-0.3, -0.25) is 9.59 Å². The molecule has 23 heavy (non-hydrogen) atoms. The zero-order chi connectivity index (χ0) is 16.8. The Morgan fingerprint density at radius 2 is 2.17 bits per heavy atom. The molecule has 2 heterocycles. The van der Waals surface area contributed by atoms with Gasteiger partial charge in [-0.25, -0.2) is 4.98 Å². The molecule has 7 nitrogen and oxygen atoms in total. The van der Waals surface area contributed by atoms with Crippen molar-refractivity contribution in [2.24, 2.45) is 5.92 Å². The van der Waals surface area contributed by atoms with Crippen molar-refractivity contribution in [1.29, 1.82) is 0 Å². The summed E-state index contributed by atoms with van der Waals surface area (Å²) < 4.78 is 6.88. The standard InChI is InChI=1S/C16H26N4O3/c1-4-19(5-2)16(22)14-13-7-6-12(10-20(13)11-18-14)15(21)17-8-9-23-3/h11-12H,4-10H2,1-3H3,(H,17,21). The molecule has 1 aromatic rings. The summed E-state index contributed by atoms with van der Waals surface area (Å²) in [6, 6.07) is 0. The minimum atomic E-state index is -0.0787. The molecule has 2 amide bonds. The number of hydrogen-bond acceptors (Lipinski definition) is 4. The molecule has 0 saturated carbocycles. The second-order valence-corrected chi connectivity index (χ2v) is 5.69. The number of ether oxygens (including phenoxy) is 1. The van der Waals surface area contributed by atoms with Gasteiger partial charge in [-0.05, 0) is 26.7 Å². The molecule has 0 bridgehead atoms. The first-order valence-electron chi connectivity index (χ1n) is 8.22. The van der Waals surface area contributed by atoms with Crippen LogP contribution in [-0.4, -0.2) is 59.6 Å². The first kappa shape index (κ1) is 17.5. The van der Waals surface area contributed by atoms with Crippen molar-refractivity contribution in [3.63, 3.8) is 0 Å². The Kier molecular flexibility index (Phi) is 6.15. The predicted molar refractivity (Wildman–Crippen MR) is 86.2 cm³/mol. The summed E-state index contributed by atoms with van der Waals surface area (Å²) >= 11 is 0. The Morgan fingerprint density at radius 1 is 1.43 bits per heavy atom. The van der Waals surface area contributed by atoms with Crippen molar-refractivity contribution in [2.75, 3.05) is 33.4 Å². The molecule has 0 radical (unpaired) electrons. The molecule has 0 aromatic carbocycles. The molecule has 0 saturated heterocycles. The van der Waals surface area contributed by atoms with E-state index in [9.17, 15) is 9.59 Å². The van der Waals surface area contributed by atoms with E-state index in [2.05, 4.69) is 10.3 Å². The average Bonchev–Trinajstić information content (AvgIpc) is 2.99. The largest absolute Gasteiger partial charge is 0.383 e. The van der Waals surface area contributed by atoms with Crippen LogP contribution in [0.2, 0.25) is 0 Å². The highest BCUT2D eigenvalue weighted by Gasteiger charge is 2.29. The van der Waals surface area contributed by atoms with Crippen molar-refractivity contribution >= 4 is 11.8 Å². The van der Waals surface area contributed by atoms with Gasteiger partial charge in [0.15, 0.2) is 0 Å². The molecule has 1 unspecified atom stereocenters. The normalized spacial score (nSPS) is 16.7. The fourth-order valence-electron chi connectivity index (χ4n) is 2.94. The summed E-state index contributed by atoms with van der Waals surface area (Å²) in [5.41, 5.74) is 1.48. The van der Waals surface area contributed by atoms with Gasteiger partial charge in [0.1, 0.15) is 5.69 Å². The minimum absolute atomic E-state index is 0.0215. The van der Waals surface area contributed by atoms with Crippen molar-refractivity contribution in [3.05, 3.63) is 17.7 Å². The number of nitrogens with one attached hydrogen (secondary N) is 1. The molecule has 1 N–H and O–H groups in total. The summed E-state index contributed by atoms with van der Waals surface area (Å²) in [5, 5.41) is 2.88. The smallest absolute Gasteiger partial charge is 0.274 e. The summed E-state index contributed by atoms with van der Waals surface area (Å²) in [7, 11) is 1.61. The van der Waals surface area contributed by atoms with E-state index in [-0.39, 0.29) is 17.7 Å². The summed E-state index contributed by atoms with van der Waals surface area (Å²) in [6.07, 6.45) is 3.12. The van der Waals surface area contributed by atoms with Gasteiger partial charge in [0.2, 0.25) is 5.91 Å². The highest BCUT2D eigenvalue weighted by molar-refractivity contribution is 5.93. The maximum absolute atomic E-state index is 12.5. The van der Waals surface area contributed by atoms with Gasteiger partial charge in [-0.2, -0.15) is 0 Å². The van der Waals surface area contributed by atoms with E-state index in [1.165, 1.54) is 0 Å². The number of amides is 2. The van der Waals surface area contributed by atoms with Crippen LogP contribution in [0.5, 0.6) is 0 Å². The number of rotatable bonds is 7. The number of hydrogen-bond donors (Lipinski definition) is 1. The monoisotopic (exact) mass is 322 g/mol. The first-order chi connectivity index (χ1) is 11.1. The van der Waals surface area contributed by atoms with E-state index < -0.39 is 0 Å². The Balaban J connectivity index is 2.03. The molecule has 0 spiro atoms. The Labute approximate surface area is 137 Å². The molecular formula is C16H26N4O3. The fourth-order valence-corrected chi connectivity index (χ4v) is 2.94. The summed E-state index contributed by atoms with van der Waals surface area (Å²) in [5.74, 6) is -0.0604.